The lowest BCUT2D eigenvalue weighted by Crippen LogP contribution is -2.44. The molecule has 0 radical (unpaired) electrons. The third-order valence-corrected chi connectivity index (χ3v) is 3.31. The zero-order valence-electron chi connectivity index (χ0n) is 12.2. The quantitative estimate of drug-likeness (QED) is 0.887. The molecule has 22 heavy (non-hydrogen) atoms. The highest BCUT2D eigenvalue weighted by atomic mass is 35.5. The molecule has 0 spiro atoms. The van der Waals surface area contributed by atoms with E-state index in [0.717, 1.165) is 11.1 Å². The monoisotopic (exact) mass is 318 g/mol. The summed E-state index contributed by atoms with van der Waals surface area (Å²) in [6, 6.07) is 18.2. The largest absolute Gasteiger partial charge is 0.368 e. The van der Waals surface area contributed by atoms with E-state index in [-0.39, 0.29) is 18.3 Å². The number of hydrogen-bond donors (Lipinski definition) is 2. The van der Waals surface area contributed by atoms with Gasteiger partial charge in [-0.05, 0) is 18.1 Å². The zero-order chi connectivity index (χ0) is 15.2. The summed E-state index contributed by atoms with van der Waals surface area (Å²) in [5, 5.41) is 2.66. The van der Waals surface area contributed by atoms with Gasteiger partial charge in [0.05, 0.1) is 5.92 Å². The summed E-state index contributed by atoms with van der Waals surface area (Å²) in [6.07, 6.45) is 0. The summed E-state index contributed by atoms with van der Waals surface area (Å²) in [5.41, 5.74) is 6.95. The van der Waals surface area contributed by atoms with Crippen LogP contribution in [-0.2, 0) is 9.59 Å². The van der Waals surface area contributed by atoms with E-state index in [9.17, 15) is 9.59 Å². The van der Waals surface area contributed by atoms with Gasteiger partial charge in [-0.15, -0.1) is 12.4 Å². The third kappa shape index (κ3) is 4.33. The molecule has 2 amide bonds. The molecule has 0 saturated heterocycles. The number of amides is 2. The van der Waals surface area contributed by atoms with Crippen LogP contribution in [-0.4, -0.2) is 17.9 Å². The molecule has 0 heterocycles. The minimum Gasteiger partial charge on any atom is -0.368 e. The maximum Gasteiger partial charge on any atom is 0.239 e. The molecule has 116 valence electrons. The van der Waals surface area contributed by atoms with E-state index in [1.165, 1.54) is 0 Å². The van der Waals surface area contributed by atoms with E-state index in [1.54, 1.807) is 6.92 Å². The van der Waals surface area contributed by atoms with Crippen LogP contribution in [0.2, 0.25) is 0 Å². The highest BCUT2D eigenvalue weighted by molar-refractivity contribution is 5.91. The number of benzene rings is 2. The number of nitrogens with one attached hydrogen (secondary N) is 1. The van der Waals surface area contributed by atoms with E-state index in [1.807, 2.05) is 60.7 Å². The zero-order valence-corrected chi connectivity index (χ0v) is 13.0. The first kappa shape index (κ1) is 17.7. The fourth-order valence-corrected chi connectivity index (χ4v) is 2.15. The van der Waals surface area contributed by atoms with Crippen molar-refractivity contribution in [2.75, 3.05) is 0 Å². The van der Waals surface area contributed by atoms with Crippen molar-refractivity contribution in [3.8, 4) is 0 Å². The van der Waals surface area contributed by atoms with Crippen molar-refractivity contribution >= 4 is 24.2 Å². The van der Waals surface area contributed by atoms with Crippen molar-refractivity contribution < 1.29 is 9.59 Å². The van der Waals surface area contributed by atoms with Crippen molar-refractivity contribution in [1.82, 2.24) is 5.32 Å². The lowest BCUT2D eigenvalue weighted by Gasteiger charge is -2.19. The summed E-state index contributed by atoms with van der Waals surface area (Å²) in [6.45, 7) is 1.58. The van der Waals surface area contributed by atoms with E-state index in [2.05, 4.69) is 5.32 Å². The number of halogens is 1. The lowest BCUT2D eigenvalue weighted by atomic mass is 9.90. The Balaban J connectivity index is 0.00000242. The predicted molar refractivity (Wildman–Crippen MR) is 88.8 cm³/mol. The molecule has 0 saturated carbocycles. The van der Waals surface area contributed by atoms with E-state index < -0.39 is 17.9 Å². The number of carbonyl (C=O) groups excluding carboxylic acids is 2. The highest BCUT2D eigenvalue weighted by Gasteiger charge is 2.24. The molecule has 0 aliphatic heterocycles. The number of primary amides is 1. The first-order chi connectivity index (χ1) is 10.1. The fraction of sp³-hybridized carbons (Fsp3) is 0.176. The standard InChI is InChI=1S/C17H18N2O2.ClH/c1-12(16(18)20)19-17(21)15(13-8-4-2-5-9-13)14-10-6-3-7-11-14;/h2-12,15H,1H3,(H2,18,20)(H,19,21);1H/t12-;/m0./s1. The Morgan fingerprint density at radius 2 is 1.32 bits per heavy atom. The molecule has 0 unspecified atom stereocenters. The van der Waals surface area contributed by atoms with Gasteiger partial charge in [0.2, 0.25) is 11.8 Å². The van der Waals surface area contributed by atoms with Crippen LogP contribution in [0.5, 0.6) is 0 Å². The van der Waals surface area contributed by atoms with Crippen molar-refractivity contribution in [3.63, 3.8) is 0 Å². The Morgan fingerprint density at radius 1 is 0.909 bits per heavy atom. The second-order valence-electron chi connectivity index (χ2n) is 4.89. The Labute approximate surface area is 136 Å². The highest BCUT2D eigenvalue weighted by Crippen LogP contribution is 2.24. The van der Waals surface area contributed by atoms with Crippen molar-refractivity contribution in [2.24, 2.45) is 5.73 Å². The van der Waals surface area contributed by atoms with Gasteiger partial charge in [0.15, 0.2) is 0 Å². The number of carbonyl (C=O) groups is 2. The molecule has 2 rings (SSSR count). The van der Waals surface area contributed by atoms with Gasteiger partial charge in [-0.2, -0.15) is 0 Å². The van der Waals surface area contributed by atoms with Gasteiger partial charge in [-0.1, -0.05) is 60.7 Å². The molecule has 5 heteroatoms. The lowest BCUT2D eigenvalue weighted by molar-refractivity contribution is -0.127. The molecule has 3 N–H and O–H groups in total. The Morgan fingerprint density at radius 3 is 1.68 bits per heavy atom. The van der Waals surface area contributed by atoms with E-state index in [4.69, 9.17) is 5.73 Å². The van der Waals surface area contributed by atoms with Gasteiger partial charge >= 0.3 is 0 Å². The van der Waals surface area contributed by atoms with Crippen LogP contribution in [0.25, 0.3) is 0 Å². The topological polar surface area (TPSA) is 72.2 Å². The van der Waals surface area contributed by atoms with Gasteiger partial charge in [-0.3, -0.25) is 9.59 Å². The summed E-state index contributed by atoms with van der Waals surface area (Å²) in [7, 11) is 0. The van der Waals surface area contributed by atoms with Crippen LogP contribution >= 0.6 is 12.4 Å². The van der Waals surface area contributed by atoms with Gasteiger partial charge in [-0.25, -0.2) is 0 Å². The fourth-order valence-electron chi connectivity index (χ4n) is 2.15. The summed E-state index contributed by atoms with van der Waals surface area (Å²) in [4.78, 5) is 23.7. The molecule has 0 aliphatic rings. The molecule has 4 nitrogen and oxygen atoms in total. The van der Waals surface area contributed by atoms with Crippen LogP contribution in [0.4, 0.5) is 0 Å². The Hall–Kier alpha value is -2.33. The molecule has 2 aromatic rings. The normalized spacial score (nSPS) is 11.4. The molecular formula is C17H19ClN2O2. The number of nitrogens with two attached hydrogens (primary N) is 1. The van der Waals surface area contributed by atoms with E-state index >= 15 is 0 Å². The molecule has 0 aliphatic carbocycles. The molecule has 0 aromatic heterocycles. The van der Waals surface area contributed by atoms with Crippen LogP contribution in [0.15, 0.2) is 60.7 Å². The SMILES string of the molecule is C[C@H](NC(=O)C(c1ccccc1)c1ccccc1)C(N)=O.Cl. The molecule has 0 bridgehead atoms. The minimum atomic E-state index is -0.701. The van der Waals surface area contributed by atoms with Gasteiger partial charge in [0.1, 0.15) is 6.04 Å². The Bertz CT molecular complexity index is 578. The average Bonchev–Trinajstić information content (AvgIpc) is 2.49. The summed E-state index contributed by atoms with van der Waals surface area (Å²) >= 11 is 0. The van der Waals surface area contributed by atoms with Gasteiger partial charge in [0, 0.05) is 0 Å². The van der Waals surface area contributed by atoms with Crippen LogP contribution in [0, 0.1) is 0 Å². The third-order valence-electron chi connectivity index (χ3n) is 3.31. The number of hydrogen-bond acceptors (Lipinski definition) is 2. The second kappa shape index (κ2) is 8.20. The van der Waals surface area contributed by atoms with Crippen molar-refractivity contribution in [3.05, 3.63) is 71.8 Å². The van der Waals surface area contributed by atoms with Crippen molar-refractivity contribution in [2.45, 2.75) is 18.9 Å². The minimum absolute atomic E-state index is 0. The molecule has 0 fully saturated rings. The average molecular weight is 319 g/mol. The predicted octanol–water partition coefficient (Wildman–Crippen LogP) is 2.23. The first-order valence-electron chi connectivity index (χ1n) is 6.79. The maximum atomic E-state index is 12.5. The van der Waals surface area contributed by atoms with Crippen LogP contribution < -0.4 is 11.1 Å². The summed E-state index contributed by atoms with van der Waals surface area (Å²) in [5.74, 6) is -1.25. The van der Waals surface area contributed by atoms with Crippen LogP contribution in [0.1, 0.15) is 24.0 Å². The summed E-state index contributed by atoms with van der Waals surface area (Å²) < 4.78 is 0. The second-order valence-corrected chi connectivity index (χ2v) is 4.89. The van der Waals surface area contributed by atoms with Crippen molar-refractivity contribution in [1.29, 1.82) is 0 Å². The molecular weight excluding hydrogens is 300 g/mol. The van der Waals surface area contributed by atoms with Gasteiger partial charge < -0.3 is 11.1 Å². The van der Waals surface area contributed by atoms with Gasteiger partial charge in [0.25, 0.3) is 0 Å². The first-order valence-corrected chi connectivity index (χ1v) is 6.79. The Kier molecular flexibility index (Phi) is 6.60. The maximum absolute atomic E-state index is 12.5. The van der Waals surface area contributed by atoms with E-state index in [0.29, 0.717) is 0 Å². The van der Waals surface area contributed by atoms with Crippen LogP contribution in [0.3, 0.4) is 0 Å². The number of rotatable bonds is 5. The smallest absolute Gasteiger partial charge is 0.239 e. The molecule has 1 atom stereocenters. The molecule has 2 aromatic carbocycles.